The van der Waals surface area contributed by atoms with E-state index < -0.39 is 5.91 Å². The Hall–Kier alpha value is -1.34. The number of pyridine rings is 1. The summed E-state index contributed by atoms with van der Waals surface area (Å²) in [7, 11) is 0. The van der Waals surface area contributed by atoms with Crippen molar-refractivity contribution in [2.75, 3.05) is 25.0 Å². The Balaban J connectivity index is 0.00000196. The number of nitrogens with one attached hydrogen (secondary N) is 2. The van der Waals surface area contributed by atoms with E-state index in [1.165, 1.54) is 64.1 Å². The number of carbonyl (C=O) groups excluding carboxylic acids is 1. The molecule has 1 amide bonds. The fourth-order valence-electron chi connectivity index (χ4n) is 4.08. The zero-order valence-corrected chi connectivity index (χ0v) is 17.8. The molecule has 2 aliphatic rings. The summed E-state index contributed by atoms with van der Waals surface area (Å²) in [6, 6.07) is 4.30. The van der Waals surface area contributed by atoms with E-state index in [1.807, 2.05) is 12.1 Å². The lowest BCUT2D eigenvalue weighted by molar-refractivity contribution is -0.124. The highest BCUT2D eigenvalue weighted by Crippen LogP contribution is 2.26. The van der Waals surface area contributed by atoms with Gasteiger partial charge in [-0.25, -0.2) is 10.5 Å². The summed E-state index contributed by atoms with van der Waals surface area (Å²) < 4.78 is 0. The van der Waals surface area contributed by atoms with Crippen molar-refractivity contribution < 1.29 is 10.0 Å². The number of hydrogen-bond acceptors (Lipinski definition) is 5. The number of rotatable bonds is 6. The number of aromatic nitrogens is 1. The minimum absolute atomic E-state index is 0. The Morgan fingerprint density at radius 1 is 1.18 bits per heavy atom. The highest BCUT2D eigenvalue weighted by atomic mass is 35.5. The van der Waals surface area contributed by atoms with Crippen molar-refractivity contribution in [3.8, 4) is 0 Å². The number of anilines is 1. The highest BCUT2D eigenvalue weighted by molar-refractivity contribution is 5.90. The van der Waals surface area contributed by atoms with Gasteiger partial charge in [0.1, 0.15) is 5.82 Å². The van der Waals surface area contributed by atoms with Crippen molar-refractivity contribution in [2.24, 2.45) is 5.92 Å². The number of piperidine rings is 1. The van der Waals surface area contributed by atoms with Gasteiger partial charge in [0.05, 0.1) is 0 Å². The predicted molar refractivity (Wildman–Crippen MR) is 117 cm³/mol. The average Bonchev–Trinajstić information content (AvgIpc) is 2.68. The molecule has 2 heterocycles. The molecule has 0 unspecified atom stereocenters. The van der Waals surface area contributed by atoms with Crippen molar-refractivity contribution in [2.45, 2.75) is 51.0 Å². The molecule has 1 aromatic rings. The second-order valence-corrected chi connectivity index (χ2v) is 7.53. The number of hydroxylamine groups is 1. The molecule has 0 aromatic carbocycles. The van der Waals surface area contributed by atoms with Gasteiger partial charge in [0.15, 0.2) is 0 Å². The molecule has 1 aliphatic carbocycles. The summed E-state index contributed by atoms with van der Waals surface area (Å²) in [4.78, 5) is 18.1. The second kappa shape index (κ2) is 13.0. The van der Waals surface area contributed by atoms with E-state index in [9.17, 15) is 4.79 Å². The quantitative estimate of drug-likeness (QED) is 0.362. The van der Waals surface area contributed by atoms with Gasteiger partial charge in [-0.05, 0) is 61.9 Å². The number of hydrogen-bond donors (Lipinski definition) is 3. The fourth-order valence-corrected chi connectivity index (χ4v) is 4.08. The molecule has 1 atom stereocenters. The minimum Gasteiger partial charge on any atom is -0.366 e. The smallest absolute Gasteiger partial charge is 0.267 e. The monoisotopic (exact) mass is 430 g/mol. The van der Waals surface area contributed by atoms with Crippen LogP contribution in [0.1, 0.15) is 50.5 Å². The molecular weight excluding hydrogens is 399 g/mol. The summed E-state index contributed by atoms with van der Waals surface area (Å²) in [6.07, 6.45) is 14.1. The first-order valence-corrected chi connectivity index (χ1v) is 9.80. The number of carbonyl (C=O) groups is 1. The summed E-state index contributed by atoms with van der Waals surface area (Å²) in [5.74, 6) is 1.22. The molecule has 3 rings (SSSR count). The standard InChI is InChI=1S/C20H30N4O2.2ClH/c25-20(23-26)11-9-16-8-10-19(21-13-16)22-18-7-4-12-24(15-18)14-17-5-2-1-3-6-17;;/h8-11,13,17-18,26H,1-7,12,14-15H2,(H,21,22)(H,23,25);2*1H/t18-;;/m0../s1. The summed E-state index contributed by atoms with van der Waals surface area (Å²) in [5, 5.41) is 12.0. The van der Waals surface area contributed by atoms with Crippen LogP contribution in [0.15, 0.2) is 24.4 Å². The van der Waals surface area contributed by atoms with Gasteiger partial charge < -0.3 is 10.2 Å². The van der Waals surface area contributed by atoms with Gasteiger partial charge in [0.2, 0.25) is 0 Å². The first-order valence-electron chi connectivity index (χ1n) is 9.80. The van der Waals surface area contributed by atoms with Crippen LogP contribution >= 0.6 is 24.8 Å². The third-order valence-electron chi connectivity index (χ3n) is 5.42. The fraction of sp³-hybridized carbons (Fsp3) is 0.600. The third-order valence-corrected chi connectivity index (χ3v) is 5.42. The Bertz CT molecular complexity index is 607. The lowest BCUT2D eigenvalue weighted by Gasteiger charge is -2.36. The first kappa shape index (κ1) is 24.7. The van der Waals surface area contributed by atoms with Gasteiger partial charge >= 0.3 is 0 Å². The Morgan fingerprint density at radius 3 is 2.64 bits per heavy atom. The number of likely N-dealkylation sites (tertiary alicyclic amines) is 1. The molecule has 2 fully saturated rings. The van der Waals surface area contributed by atoms with Gasteiger partial charge in [-0.3, -0.25) is 10.0 Å². The average molecular weight is 431 g/mol. The largest absolute Gasteiger partial charge is 0.366 e. The van der Waals surface area contributed by atoms with Gasteiger partial charge in [-0.15, -0.1) is 24.8 Å². The molecule has 158 valence electrons. The van der Waals surface area contributed by atoms with Crippen molar-refractivity contribution in [1.29, 1.82) is 0 Å². The molecule has 0 bridgehead atoms. The highest BCUT2D eigenvalue weighted by Gasteiger charge is 2.23. The molecular formula is C20H32Cl2N4O2. The van der Waals surface area contributed by atoms with E-state index in [0.29, 0.717) is 6.04 Å². The molecule has 8 heteroatoms. The summed E-state index contributed by atoms with van der Waals surface area (Å²) >= 11 is 0. The van der Waals surface area contributed by atoms with Crippen LogP contribution in [-0.4, -0.2) is 46.7 Å². The molecule has 0 spiro atoms. The third kappa shape index (κ3) is 7.95. The van der Waals surface area contributed by atoms with Gasteiger partial charge in [-0.1, -0.05) is 19.3 Å². The van der Waals surface area contributed by atoms with E-state index in [2.05, 4.69) is 15.2 Å². The van der Waals surface area contributed by atoms with Crippen LogP contribution in [0.3, 0.4) is 0 Å². The molecule has 28 heavy (non-hydrogen) atoms. The second-order valence-electron chi connectivity index (χ2n) is 7.53. The van der Waals surface area contributed by atoms with Crippen LogP contribution in [0.5, 0.6) is 0 Å². The molecule has 0 radical (unpaired) electrons. The molecule has 1 aliphatic heterocycles. The number of amides is 1. The topological polar surface area (TPSA) is 77.5 Å². The maximum absolute atomic E-state index is 11.0. The Morgan fingerprint density at radius 2 is 1.96 bits per heavy atom. The van der Waals surface area contributed by atoms with Crippen molar-refractivity contribution in [3.05, 3.63) is 30.0 Å². The number of halogens is 2. The first-order chi connectivity index (χ1) is 12.7. The predicted octanol–water partition coefficient (Wildman–Crippen LogP) is 3.90. The van der Waals surface area contributed by atoms with E-state index in [1.54, 1.807) is 17.8 Å². The molecule has 1 saturated heterocycles. The van der Waals surface area contributed by atoms with Gasteiger partial charge in [0.25, 0.3) is 5.91 Å². The van der Waals surface area contributed by atoms with Crippen LogP contribution < -0.4 is 10.8 Å². The van der Waals surface area contributed by atoms with Crippen LogP contribution in [0.25, 0.3) is 6.08 Å². The van der Waals surface area contributed by atoms with Crippen molar-refractivity contribution in [1.82, 2.24) is 15.4 Å². The summed E-state index contributed by atoms with van der Waals surface area (Å²) in [5.41, 5.74) is 2.39. The molecule has 6 nitrogen and oxygen atoms in total. The van der Waals surface area contributed by atoms with Crippen LogP contribution in [0.2, 0.25) is 0 Å². The minimum atomic E-state index is -0.549. The lowest BCUT2D eigenvalue weighted by Crippen LogP contribution is -2.44. The normalized spacial score (nSPS) is 20.8. The van der Waals surface area contributed by atoms with E-state index in [-0.39, 0.29) is 24.8 Å². The van der Waals surface area contributed by atoms with E-state index in [0.717, 1.165) is 23.8 Å². The maximum atomic E-state index is 11.0. The molecule has 1 aromatic heterocycles. The van der Waals surface area contributed by atoms with E-state index >= 15 is 0 Å². The van der Waals surface area contributed by atoms with Crippen molar-refractivity contribution >= 4 is 42.6 Å². The Kier molecular flexibility index (Phi) is 11.5. The molecule has 1 saturated carbocycles. The maximum Gasteiger partial charge on any atom is 0.267 e. The zero-order chi connectivity index (χ0) is 18.2. The van der Waals surface area contributed by atoms with Gasteiger partial charge in [-0.2, -0.15) is 0 Å². The van der Waals surface area contributed by atoms with Gasteiger partial charge in [0, 0.05) is 31.4 Å². The van der Waals surface area contributed by atoms with Crippen molar-refractivity contribution in [3.63, 3.8) is 0 Å². The van der Waals surface area contributed by atoms with E-state index in [4.69, 9.17) is 5.21 Å². The summed E-state index contributed by atoms with van der Waals surface area (Å²) in [6.45, 7) is 3.57. The molecule has 3 N–H and O–H groups in total. The SMILES string of the molecule is Cl.Cl.O=C(C=Cc1ccc(N[C@H]2CCCN(CC3CCCCC3)C2)nc1)NO. The van der Waals surface area contributed by atoms with Crippen LogP contribution in [0.4, 0.5) is 5.82 Å². The lowest BCUT2D eigenvalue weighted by atomic mass is 9.88. The van der Waals surface area contributed by atoms with Crippen LogP contribution in [0, 0.1) is 5.92 Å². The van der Waals surface area contributed by atoms with Crippen LogP contribution in [-0.2, 0) is 4.79 Å². The number of nitrogens with zero attached hydrogens (tertiary/aromatic N) is 2. The Labute approximate surface area is 179 Å². The zero-order valence-electron chi connectivity index (χ0n) is 16.2.